The highest BCUT2D eigenvalue weighted by atomic mass is 16.5. The number of carbonyl (C=O) groups is 1. The molecule has 2 fully saturated rings. The van der Waals surface area contributed by atoms with Gasteiger partial charge in [-0.05, 0) is 26.2 Å². The number of methoxy groups -OCH3 is 1. The summed E-state index contributed by atoms with van der Waals surface area (Å²) in [5.41, 5.74) is 0. The third kappa shape index (κ3) is 4.87. The van der Waals surface area contributed by atoms with Gasteiger partial charge in [-0.1, -0.05) is 12.8 Å². The maximum absolute atomic E-state index is 12.5. The first kappa shape index (κ1) is 17.1. The number of carbonyl (C=O) groups excluding carboxylic acids is 1. The first-order valence-electron chi connectivity index (χ1n) is 8.57. The summed E-state index contributed by atoms with van der Waals surface area (Å²) in [7, 11) is 1.68. The zero-order chi connectivity index (χ0) is 15.8. The van der Waals surface area contributed by atoms with Crippen LogP contribution in [0.5, 0.6) is 0 Å². The van der Waals surface area contributed by atoms with Crippen molar-refractivity contribution in [1.82, 2.24) is 15.5 Å². The van der Waals surface area contributed by atoms with Gasteiger partial charge in [0.05, 0.1) is 13.2 Å². The van der Waals surface area contributed by atoms with Crippen LogP contribution in [0.3, 0.4) is 0 Å². The number of ether oxygens (including phenoxy) is 1. The Kier molecular flexibility index (Phi) is 6.96. The van der Waals surface area contributed by atoms with Crippen molar-refractivity contribution in [2.24, 2.45) is 10.9 Å². The van der Waals surface area contributed by atoms with Crippen LogP contribution in [-0.4, -0.2) is 62.7 Å². The topological polar surface area (TPSA) is 66.0 Å². The third-order valence-electron chi connectivity index (χ3n) is 4.45. The van der Waals surface area contributed by atoms with E-state index in [-0.39, 0.29) is 5.92 Å². The molecule has 1 atom stereocenters. The van der Waals surface area contributed by atoms with Crippen LogP contribution in [0.25, 0.3) is 0 Å². The Morgan fingerprint density at radius 1 is 1.32 bits per heavy atom. The quantitative estimate of drug-likeness (QED) is 0.436. The molecule has 0 aromatic carbocycles. The molecule has 1 amide bonds. The predicted molar refractivity (Wildman–Crippen MR) is 87.9 cm³/mol. The van der Waals surface area contributed by atoms with E-state index in [1.807, 2.05) is 4.90 Å². The third-order valence-corrected chi connectivity index (χ3v) is 4.45. The Labute approximate surface area is 133 Å². The molecule has 1 saturated carbocycles. The molecule has 1 unspecified atom stereocenters. The molecule has 6 nitrogen and oxygen atoms in total. The molecule has 2 rings (SSSR count). The van der Waals surface area contributed by atoms with E-state index in [1.165, 1.54) is 12.8 Å². The highest BCUT2D eigenvalue weighted by molar-refractivity contribution is 5.81. The molecular formula is C16H30N4O2. The Morgan fingerprint density at radius 3 is 2.77 bits per heavy atom. The Morgan fingerprint density at radius 2 is 2.09 bits per heavy atom. The number of rotatable bonds is 6. The van der Waals surface area contributed by atoms with Crippen LogP contribution in [0.1, 0.15) is 39.0 Å². The molecule has 2 aliphatic rings. The van der Waals surface area contributed by atoms with Crippen molar-refractivity contribution in [3.05, 3.63) is 0 Å². The lowest BCUT2D eigenvalue weighted by molar-refractivity contribution is -0.134. The minimum atomic E-state index is 0.280. The van der Waals surface area contributed by atoms with Crippen molar-refractivity contribution in [2.45, 2.75) is 45.1 Å². The largest absolute Gasteiger partial charge is 0.383 e. The van der Waals surface area contributed by atoms with Crippen molar-refractivity contribution in [2.75, 3.05) is 39.9 Å². The van der Waals surface area contributed by atoms with Gasteiger partial charge in [0.15, 0.2) is 5.96 Å². The van der Waals surface area contributed by atoms with Crippen molar-refractivity contribution in [3.8, 4) is 0 Å². The van der Waals surface area contributed by atoms with E-state index in [1.54, 1.807) is 7.11 Å². The van der Waals surface area contributed by atoms with Gasteiger partial charge in [0, 0.05) is 38.7 Å². The number of amides is 1. The molecule has 1 saturated heterocycles. The number of guanidine groups is 1. The van der Waals surface area contributed by atoms with Crippen molar-refractivity contribution in [1.29, 1.82) is 0 Å². The van der Waals surface area contributed by atoms with Gasteiger partial charge < -0.3 is 20.3 Å². The fourth-order valence-electron chi connectivity index (χ4n) is 3.27. The van der Waals surface area contributed by atoms with Crippen LogP contribution in [-0.2, 0) is 9.53 Å². The van der Waals surface area contributed by atoms with E-state index in [0.29, 0.717) is 25.1 Å². The van der Waals surface area contributed by atoms with Gasteiger partial charge in [0.1, 0.15) is 0 Å². The van der Waals surface area contributed by atoms with Crippen LogP contribution in [0, 0.1) is 5.92 Å². The molecule has 6 heteroatoms. The molecular weight excluding hydrogens is 280 g/mol. The monoisotopic (exact) mass is 310 g/mol. The molecule has 0 aromatic rings. The van der Waals surface area contributed by atoms with E-state index in [2.05, 4.69) is 22.5 Å². The fraction of sp³-hybridized carbons (Fsp3) is 0.875. The summed E-state index contributed by atoms with van der Waals surface area (Å²) in [4.78, 5) is 19.0. The molecule has 0 bridgehead atoms. The molecule has 0 spiro atoms. The van der Waals surface area contributed by atoms with E-state index in [9.17, 15) is 4.79 Å². The second-order valence-corrected chi connectivity index (χ2v) is 6.15. The van der Waals surface area contributed by atoms with Gasteiger partial charge in [-0.25, -0.2) is 0 Å². The van der Waals surface area contributed by atoms with E-state index in [0.717, 1.165) is 44.9 Å². The minimum absolute atomic E-state index is 0.280. The highest BCUT2D eigenvalue weighted by Crippen LogP contribution is 2.27. The molecule has 2 N–H and O–H groups in total. The Hall–Kier alpha value is -1.30. The fourth-order valence-corrected chi connectivity index (χ4v) is 3.27. The SMILES string of the molecule is CCNC(=NCCOC)NC1CCN(C(=O)C2CCCC2)C1. The zero-order valence-corrected chi connectivity index (χ0v) is 13.9. The molecule has 0 radical (unpaired) electrons. The van der Waals surface area contributed by atoms with Gasteiger partial charge in [0.25, 0.3) is 0 Å². The number of nitrogens with zero attached hydrogens (tertiary/aromatic N) is 2. The average molecular weight is 310 g/mol. The minimum Gasteiger partial charge on any atom is -0.383 e. The van der Waals surface area contributed by atoms with Gasteiger partial charge >= 0.3 is 0 Å². The second-order valence-electron chi connectivity index (χ2n) is 6.15. The summed E-state index contributed by atoms with van der Waals surface area (Å²) in [6.07, 6.45) is 5.57. The van der Waals surface area contributed by atoms with Crippen LogP contribution in [0.15, 0.2) is 4.99 Å². The predicted octanol–water partition coefficient (Wildman–Crippen LogP) is 0.979. The van der Waals surface area contributed by atoms with Crippen molar-refractivity contribution < 1.29 is 9.53 Å². The van der Waals surface area contributed by atoms with Crippen LogP contribution in [0.2, 0.25) is 0 Å². The van der Waals surface area contributed by atoms with Crippen molar-refractivity contribution >= 4 is 11.9 Å². The van der Waals surface area contributed by atoms with Crippen LogP contribution < -0.4 is 10.6 Å². The maximum Gasteiger partial charge on any atom is 0.225 e. The van der Waals surface area contributed by atoms with E-state index < -0.39 is 0 Å². The summed E-state index contributed by atoms with van der Waals surface area (Å²) >= 11 is 0. The first-order chi connectivity index (χ1) is 10.7. The van der Waals surface area contributed by atoms with E-state index in [4.69, 9.17) is 4.74 Å². The molecule has 1 aliphatic carbocycles. The Bertz CT molecular complexity index is 380. The standard InChI is InChI=1S/C16H30N4O2/c1-3-17-16(18-9-11-22-2)19-14-8-10-20(12-14)15(21)13-6-4-5-7-13/h13-14H,3-12H2,1-2H3,(H2,17,18,19). The first-order valence-corrected chi connectivity index (χ1v) is 8.57. The van der Waals surface area contributed by atoms with E-state index >= 15 is 0 Å². The summed E-state index contributed by atoms with van der Waals surface area (Å²) < 4.78 is 5.03. The number of nitrogens with one attached hydrogen (secondary N) is 2. The summed E-state index contributed by atoms with van der Waals surface area (Å²) in [6, 6.07) is 0.297. The second kappa shape index (κ2) is 8.98. The summed E-state index contributed by atoms with van der Waals surface area (Å²) in [5.74, 6) is 1.46. The van der Waals surface area contributed by atoms with Gasteiger partial charge in [-0.3, -0.25) is 9.79 Å². The lowest BCUT2D eigenvalue weighted by atomic mass is 10.1. The lowest BCUT2D eigenvalue weighted by Crippen LogP contribution is -2.45. The molecule has 1 heterocycles. The van der Waals surface area contributed by atoms with Gasteiger partial charge in [-0.2, -0.15) is 0 Å². The maximum atomic E-state index is 12.5. The van der Waals surface area contributed by atoms with Crippen molar-refractivity contribution in [3.63, 3.8) is 0 Å². The molecule has 22 heavy (non-hydrogen) atoms. The Balaban J connectivity index is 1.80. The summed E-state index contributed by atoms with van der Waals surface area (Å²) in [5, 5.41) is 6.69. The highest BCUT2D eigenvalue weighted by Gasteiger charge is 2.32. The number of aliphatic imine (C=N–C) groups is 1. The zero-order valence-electron chi connectivity index (χ0n) is 13.9. The molecule has 0 aromatic heterocycles. The molecule has 1 aliphatic heterocycles. The van der Waals surface area contributed by atoms with Gasteiger partial charge in [0.2, 0.25) is 5.91 Å². The molecule has 126 valence electrons. The van der Waals surface area contributed by atoms with Crippen LogP contribution >= 0.6 is 0 Å². The van der Waals surface area contributed by atoms with Crippen LogP contribution in [0.4, 0.5) is 0 Å². The lowest BCUT2D eigenvalue weighted by Gasteiger charge is -2.21. The number of likely N-dealkylation sites (tertiary alicyclic amines) is 1. The number of hydrogen-bond donors (Lipinski definition) is 2. The smallest absolute Gasteiger partial charge is 0.225 e. The summed E-state index contributed by atoms with van der Waals surface area (Å²) in [6.45, 7) is 5.81. The average Bonchev–Trinajstić information content (AvgIpc) is 3.18. The van der Waals surface area contributed by atoms with Gasteiger partial charge in [-0.15, -0.1) is 0 Å². The normalized spacial score (nSPS) is 23.1. The number of hydrogen-bond acceptors (Lipinski definition) is 3.